The van der Waals surface area contributed by atoms with Crippen molar-refractivity contribution in [2.45, 2.75) is 39.0 Å². The first-order valence-electron chi connectivity index (χ1n) is 12.6. The molecule has 0 radical (unpaired) electrons. The Balaban J connectivity index is 1.54. The summed E-state index contributed by atoms with van der Waals surface area (Å²) in [5.41, 5.74) is 2.33. The van der Waals surface area contributed by atoms with Gasteiger partial charge in [-0.15, -0.1) is 0 Å². The summed E-state index contributed by atoms with van der Waals surface area (Å²) in [5.74, 6) is 0.811. The predicted molar refractivity (Wildman–Crippen MR) is 141 cm³/mol. The first kappa shape index (κ1) is 26.8. The van der Waals surface area contributed by atoms with E-state index in [1.807, 2.05) is 0 Å². The third kappa shape index (κ3) is 5.36. The highest BCUT2D eigenvalue weighted by atomic mass is 19.3. The van der Waals surface area contributed by atoms with Crippen LogP contribution in [0.15, 0.2) is 53.6 Å². The minimum Gasteiger partial charge on any atom is -0.490 e. The molecule has 10 nitrogen and oxygen atoms in total. The average Bonchev–Trinajstić information content (AvgIpc) is 3.46. The van der Waals surface area contributed by atoms with Crippen molar-refractivity contribution in [1.29, 1.82) is 5.26 Å². The molecule has 0 unspecified atom stereocenters. The number of halogens is 2. The largest absolute Gasteiger partial charge is 0.490 e. The molecule has 0 N–H and O–H groups in total. The molecule has 0 saturated carbocycles. The van der Waals surface area contributed by atoms with Gasteiger partial charge in [0.2, 0.25) is 0 Å². The lowest BCUT2D eigenvalue weighted by Crippen LogP contribution is -2.41. The zero-order chi connectivity index (χ0) is 28.4. The predicted octanol–water partition coefficient (Wildman–Crippen LogP) is 4.49. The molecular formula is C28H26F2N6O4. The van der Waals surface area contributed by atoms with Crippen LogP contribution in [0.25, 0.3) is 22.0 Å². The van der Waals surface area contributed by atoms with Crippen LogP contribution in [0.2, 0.25) is 0 Å². The molecule has 5 rings (SSSR count). The first-order chi connectivity index (χ1) is 19.3. The number of amides is 1. The van der Waals surface area contributed by atoms with Gasteiger partial charge in [0.05, 0.1) is 42.4 Å². The van der Waals surface area contributed by atoms with E-state index in [1.54, 1.807) is 48.2 Å². The number of methoxy groups -OCH3 is 1. The average molecular weight is 549 g/mol. The molecule has 1 saturated heterocycles. The summed E-state index contributed by atoms with van der Waals surface area (Å²) in [4.78, 5) is 31.8. The van der Waals surface area contributed by atoms with E-state index in [0.717, 1.165) is 5.56 Å². The molecule has 12 heteroatoms. The fourth-order valence-corrected chi connectivity index (χ4v) is 4.78. The Bertz CT molecular complexity index is 1650. The van der Waals surface area contributed by atoms with E-state index in [0.29, 0.717) is 69.8 Å². The minimum atomic E-state index is -2.81. The van der Waals surface area contributed by atoms with Crippen molar-refractivity contribution in [3.63, 3.8) is 0 Å². The standard InChI is InChI=1S/C28H26F2N6O4/c1-17-33-24-11-22(20-14-32-36(16-20)27(29)30)25(40-21-7-9-34(10-8-21)28(38)39-2)12-23(24)26(37)35(17)15-19-5-3-18(13-31)4-6-19/h3-6,11-12,14,16,21,27H,7-10,15H2,1-2H3. The summed E-state index contributed by atoms with van der Waals surface area (Å²) in [6.07, 6.45) is 2.90. The van der Waals surface area contributed by atoms with Gasteiger partial charge in [-0.25, -0.2) is 14.5 Å². The number of nitrogens with zero attached hydrogens (tertiary/aromatic N) is 6. The molecule has 2 aromatic carbocycles. The number of likely N-dealkylation sites (tertiary alicyclic amines) is 1. The van der Waals surface area contributed by atoms with Crippen molar-refractivity contribution in [3.05, 3.63) is 76.1 Å². The van der Waals surface area contributed by atoms with Gasteiger partial charge in [-0.1, -0.05) is 12.1 Å². The lowest BCUT2D eigenvalue weighted by atomic mass is 10.0. The second kappa shape index (κ2) is 11.1. The molecule has 1 aliphatic heterocycles. The quantitative estimate of drug-likeness (QED) is 0.349. The van der Waals surface area contributed by atoms with Crippen molar-refractivity contribution in [3.8, 4) is 22.9 Å². The Hall–Kier alpha value is -4.79. The third-order valence-electron chi connectivity index (χ3n) is 6.95. The van der Waals surface area contributed by atoms with Gasteiger partial charge in [0.25, 0.3) is 5.56 Å². The maximum absolute atomic E-state index is 13.7. The Morgan fingerprint density at radius 1 is 1.20 bits per heavy atom. The van der Waals surface area contributed by atoms with Crippen molar-refractivity contribution >= 4 is 17.0 Å². The minimum absolute atomic E-state index is 0.254. The van der Waals surface area contributed by atoms with Gasteiger partial charge in [0.1, 0.15) is 17.7 Å². The maximum Gasteiger partial charge on any atom is 0.409 e. The van der Waals surface area contributed by atoms with Crippen molar-refractivity contribution < 1.29 is 23.0 Å². The number of nitriles is 1. The third-order valence-corrected chi connectivity index (χ3v) is 6.95. The van der Waals surface area contributed by atoms with Crippen molar-refractivity contribution in [1.82, 2.24) is 24.2 Å². The summed E-state index contributed by atoms with van der Waals surface area (Å²) in [6, 6.07) is 12.3. The Kier molecular flexibility index (Phi) is 7.46. The number of hydrogen-bond acceptors (Lipinski definition) is 7. The number of rotatable bonds is 6. The van der Waals surface area contributed by atoms with Crippen LogP contribution in [-0.2, 0) is 11.3 Å². The second-order valence-corrected chi connectivity index (χ2v) is 9.49. The molecule has 0 aliphatic carbocycles. The SMILES string of the molecule is COC(=O)N1CCC(Oc2cc3c(=O)n(Cc4ccc(C#N)cc4)c(C)nc3cc2-c2cnn(C(F)F)c2)CC1. The molecule has 1 aliphatic rings. The van der Waals surface area contributed by atoms with Crippen LogP contribution >= 0.6 is 0 Å². The van der Waals surface area contributed by atoms with E-state index in [1.165, 1.54) is 24.1 Å². The van der Waals surface area contributed by atoms with Crippen LogP contribution in [0.5, 0.6) is 5.75 Å². The lowest BCUT2D eigenvalue weighted by Gasteiger charge is -2.31. The van der Waals surface area contributed by atoms with E-state index >= 15 is 0 Å². The van der Waals surface area contributed by atoms with E-state index in [-0.39, 0.29) is 18.2 Å². The molecule has 1 fully saturated rings. The van der Waals surface area contributed by atoms with Crippen LogP contribution in [0.1, 0.15) is 36.3 Å². The molecule has 3 heterocycles. The van der Waals surface area contributed by atoms with Crippen LogP contribution in [0.3, 0.4) is 0 Å². The van der Waals surface area contributed by atoms with Crippen molar-refractivity contribution in [2.75, 3.05) is 20.2 Å². The van der Waals surface area contributed by atoms with E-state index < -0.39 is 12.6 Å². The Labute approximate surface area is 228 Å². The normalized spacial score (nSPS) is 13.9. The Morgan fingerprint density at radius 2 is 1.93 bits per heavy atom. The molecule has 2 aromatic heterocycles. The number of alkyl halides is 2. The molecule has 0 atom stereocenters. The summed E-state index contributed by atoms with van der Waals surface area (Å²) < 4.78 is 39.8. The number of carbonyl (C=O) groups is 1. The number of carbonyl (C=O) groups excluding carboxylic acids is 1. The second-order valence-electron chi connectivity index (χ2n) is 9.49. The van der Waals surface area contributed by atoms with Crippen LogP contribution in [0, 0.1) is 18.3 Å². The number of benzene rings is 2. The topological polar surface area (TPSA) is 115 Å². The summed E-state index contributed by atoms with van der Waals surface area (Å²) >= 11 is 0. The zero-order valence-corrected chi connectivity index (χ0v) is 21.9. The van der Waals surface area contributed by atoms with Gasteiger partial charge in [0, 0.05) is 43.3 Å². The van der Waals surface area contributed by atoms with E-state index in [9.17, 15) is 18.4 Å². The highest BCUT2D eigenvalue weighted by molar-refractivity contribution is 5.87. The van der Waals surface area contributed by atoms with Gasteiger partial charge >= 0.3 is 12.6 Å². The molecular weight excluding hydrogens is 522 g/mol. The molecule has 206 valence electrons. The van der Waals surface area contributed by atoms with Gasteiger partial charge < -0.3 is 14.4 Å². The fraction of sp³-hybridized carbons (Fsp3) is 0.321. The lowest BCUT2D eigenvalue weighted by molar-refractivity contribution is 0.0566. The molecule has 4 aromatic rings. The summed E-state index contributed by atoms with van der Waals surface area (Å²) in [7, 11) is 1.33. The summed E-state index contributed by atoms with van der Waals surface area (Å²) in [6.45, 7) is 0.0304. The molecule has 0 bridgehead atoms. The number of aromatic nitrogens is 4. The van der Waals surface area contributed by atoms with E-state index in [2.05, 4.69) is 16.2 Å². The van der Waals surface area contributed by atoms with Crippen LogP contribution in [-0.4, -0.2) is 56.6 Å². The molecule has 1 amide bonds. The fourth-order valence-electron chi connectivity index (χ4n) is 4.78. The number of piperidine rings is 1. The van der Waals surface area contributed by atoms with Gasteiger partial charge in [0.15, 0.2) is 0 Å². The van der Waals surface area contributed by atoms with Crippen LogP contribution in [0.4, 0.5) is 13.6 Å². The highest BCUT2D eigenvalue weighted by Crippen LogP contribution is 2.35. The molecule has 0 spiro atoms. The number of fused-ring (bicyclic) bond motifs is 1. The summed E-state index contributed by atoms with van der Waals surface area (Å²) in [5, 5.41) is 13.1. The number of hydrogen-bond donors (Lipinski definition) is 0. The van der Waals surface area contributed by atoms with Crippen molar-refractivity contribution in [2.24, 2.45) is 0 Å². The number of aryl methyl sites for hydroxylation is 1. The maximum atomic E-state index is 13.7. The van der Waals surface area contributed by atoms with E-state index in [4.69, 9.17) is 14.7 Å². The smallest absolute Gasteiger partial charge is 0.409 e. The van der Waals surface area contributed by atoms with Gasteiger partial charge in [-0.3, -0.25) is 9.36 Å². The number of ether oxygens (including phenoxy) is 2. The molecule has 40 heavy (non-hydrogen) atoms. The van der Waals surface area contributed by atoms with Gasteiger partial charge in [-0.05, 0) is 36.8 Å². The van der Waals surface area contributed by atoms with Crippen LogP contribution < -0.4 is 10.3 Å². The Morgan fingerprint density at radius 3 is 2.55 bits per heavy atom. The monoisotopic (exact) mass is 548 g/mol. The first-order valence-corrected chi connectivity index (χ1v) is 12.6. The van der Waals surface area contributed by atoms with Gasteiger partial charge in [-0.2, -0.15) is 19.1 Å². The highest BCUT2D eigenvalue weighted by Gasteiger charge is 2.26. The zero-order valence-electron chi connectivity index (χ0n) is 21.9.